The van der Waals surface area contributed by atoms with Gasteiger partial charge in [-0.05, 0) is 56.0 Å². The average molecular weight is 395 g/mol. The average Bonchev–Trinajstić information content (AvgIpc) is 2.88. The smallest absolute Gasteiger partial charge is 0.319 e. The SMILES string of the molecule is Cc1cc(C)c(C(=O)CN2C(=O)NC(C)(c3cccc([N+](=O)[O-])c3)C2=O)cc1C. The molecule has 0 aliphatic carbocycles. The van der Waals surface area contributed by atoms with Gasteiger partial charge in [-0.3, -0.25) is 24.6 Å². The van der Waals surface area contributed by atoms with Gasteiger partial charge in [-0.2, -0.15) is 0 Å². The Kier molecular flexibility index (Phi) is 4.96. The fourth-order valence-corrected chi connectivity index (χ4v) is 3.46. The number of amides is 3. The van der Waals surface area contributed by atoms with Gasteiger partial charge in [0, 0.05) is 17.7 Å². The predicted molar refractivity (Wildman–Crippen MR) is 106 cm³/mol. The van der Waals surface area contributed by atoms with Crippen LogP contribution < -0.4 is 5.32 Å². The van der Waals surface area contributed by atoms with Crippen LogP contribution in [0.5, 0.6) is 0 Å². The molecule has 1 saturated heterocycles. The van der Waals surface area contributed by atoms with E-state index in [1.165, 1.54) is 31.2 Å². The third-order valence-electron chi connectivity index (χ3n) is 5.35. The maximum Gasteiger partial charge on any atom is 0.325 e. The minimum absolute atomic E-state index is 0.189. The fraction of sp³-hybridized carbons (Fsp3) is 0.286. The number of benzene rings is 2. The lowest BCUT2D eigenvalue weighted by Crippen LogP contribution is -2.41. The summed E-state index contributed by atoms with van der Waals surface area (Å²) in [6.07, 6.45) is 0. The molecule has 0 saturated carbocycles. The van der Waals surface area contributed by atoms with Crippen LogP contribution in [-0.2, 0) is 10.3 Å². The number of non-ortho nitro benzene ring substituents is 1. The van der Waals surface area contributed by atoms with E-state index in [0.29, 0.717) is 5.56 Å². The van der Waals surface area contributed by atoms with E-state index < -0.39 is 28.9 Å². The number of Topliss-reactive ketones (excluding diaryl/α,β-unsaturated/α-hetero) is 1. The highest BCUT2D eigenvalue weighted by Gasteiger charge is 2.49. The number of ketones is 1. The van der Waals surface area contributed by atoms with Crippen LogP contribution in [-0.4, -0.2) is 34.1 Å². The molecule has 8 nitrogen and oxygen atoms in total. The Labute approximate surface area is 167 Å². The van der Waals surface area contributed by atoms with E-state index in [1.54, 1.807) is 13.0 Å². The highest BCUT2D eigenvalue weighted by Crippen LogP contribution is 2.31. The molecule has 2 aromatic carbocycles. The van der Waals surface area contributed by atoms with E-state index in [2.05, 4.69) is 5.32 Å². The van der Waals surface area contributed by atoms with Crippen molar-refractivity contribution in [3.8, 4) is 0 Å². The summed E-state index contributed by atoms with van der Waals surface area (Å²) in [4.78, 5) is 49.6. The van der Waals surface area contributed by atoms with E-state index in [1.807, 2.05) is 19.9 Å². The number of nitro groups is 1. The number of hydrogen-bond donors (Lipinski definition) is 1. The highest BCUT2D eigenvalue weighted by molar-refractivity contribution is 6.11. The van der Waals surface area contributed by atoms with Crippen LogP contribution in [0.3, 0.4) is 0 Å². The molecule has 1 atom stereocenters. The monoisotopic (exact) mass is 395 g/mol. The van der Waals surface area contributed by atoms with Crippen LogP contribution in [0.15, 0.2) is 36.4 Å². The summed E-state index contributed by atoms with van der Waals surface area (Å²) in [6.45, 7) is 6.70. The Bertz CT molecular complexity index is 1060. The van der Waals surface area contributed by atoms with Crippen molar-refractivity contribution in [1.29, 1.82) is 0 Å². The van der Waals surface area contributed by atoms with Crippen molar-refractivity contribution in [2.24, 2.45) is 0 Å². The summed E-state index contributed by atoms with van der Waals surface area (Å²) in [7, 11) is 0. The van der Waals surface area contributed by atoms with Gasteiger partial charge >= 0.3 is 6.03 Å². The van der Waals surface area contributed by atoms with Crippen LogP contribution in [0, 0.1) is 30.9 Å². The zero-order valence-electron chi connectivity index (χ0n) is 16.6. The molecule has 3 amide bonds. The number of nitrogens with zero attached hydrogens (tertiary/aromatic N) is 2. The van der Waals surface area contributed by atoms with E-state index in [9.17, 15) is 24.5 Å². The van der Waals surface area contributed by atoms with Gasteiger partial charge in [-0.15, -0.1) is 0 Å². The van der Waals surface area contributed by atoms with Crippen molar-refractivity contribution < 1.29 is 19.3 Å². The van der Waals surface area contributed by atoms with Gasteiger partial charge < -0.3 is 5.32 Å². The van der Waals surface area contributed by atoms with Gasteiger partial charge in [-0.1, -0.05) is 18.2 Å². The summed E-state index contributed by atoms with van der Waals surface area (Å²) in [6, 6.07) is 8.47. The maximum atomic E-state index is 13.0. The molecule has 1 unspecified atom stereocenters. The summed E-state index contributed by atoms with van der Waals surface area (Å²) < 4.78 is 0. The lowest BCUT2D eigenvalue weighted by atomic mass is 9.91. The number of nitrogens with one attached hydrogen (secondary N) is 1. The third kappa shape index (κ3) is 3.49. The minimum atomic E-state index is -1.48. The first-order valence-corrected chi connectivity index (χ1v) is 9.04. The lowest BCUT2D eigenvalue weighted by Gasteiger charge is -2.22. The van der Waals surface area contributed by atoms with E-state index in [0.717, 1.165) is 21.6 Å². The summed E-state index contributed by atoms with van der Waals surface area (Å²) in [5.74, 6) is -0.977. The molecule has 1 fully saturated rings. The molecule has 1 aliphatic heterocycles. The van der Waals surface area contributed by atoms with Gasteiger partial charge in [0.15, 0.2) is 5.78 Å². The zero-order valence-corrected chi connectivity index (χ0v) is 16.6. The number of imide groups is 1. The molecule has 0 bridgehead atoms. The standard InChI is InChI=1S/C21H21N3O5/c1-12-8-14(3)17(9-13(12)2)18(25)11-23-19(26)21(4,22-20(23)27)15-6-5-7-16(10-15)24(28)29/h5-10H,11H2,1-4H3,(H,22,27). The van der Waals surface area contributed by atoms with Crippen LogP contribution in [0.1, 0.15) is 39.5 Å². The molecule has 150 valence electrons. The van der Waals surface area contributed by atoms with Crippen LogP contribution >= 0.6 is 0 Å². The number of nitro benzene ring substituents is 1. The maximum absolute atomic E-state index is 13.0. The Hall–Kier alpha value is -3.55. The zero-order chi connectivity index (χ0) is 21.5. The van der Waals surface area contributed by atoms with Crippen LogP contribution in [0.4, 0.5) is 10.5 Å². The molecule has 0 radical (unpaired) electrons. The number of urea groups is 1. The van der Waals surface area contributed by atoms with Crippen molar-refractivity contribution in [1.82, 2.24) is 10.2 Å². The topological polar surface area (TPSA) is 110 Å². The second-order valence-electron chi connectivity index (χ2n) is 7.43. The molecular weight excluding hydrogens is 374 g/mol. The quantitative estimate of drug-likeness (QED) is 0.362. The first-order valence-electron chi connectivity index (χ1n) is 9.04. The van der Waals surface area contributed by atoms with Gasteiger partial charge in [0.2, 0.25) is 0 Å². The van der Waals surface area contributed by atoms with E-state index >= 15 is 0 Å². The van der Waals surface area contributed by atoms with Crippen molar-refractivity contribution in [2.75, 3.05) is 6.54 Å². The second-order valence-corrected chi connectivity index (χ2v) is 7.43. The van der Waals surface area contributed by atoms with Crippen molar-refractivity contribution in [3.05, 3.63) is 74.3 Å². The molecule has 8 heteroatoms. The summed E-state index contributed by atoms with van der Waals surface area (Å²) >= 11 is 0. The van der Waals surface area contributed by atoms with Gasteiger partial charge in [0.1, 0.15) is 5.54 Å². The second kappa shape index (κ2) is 7.12. The van der Waals surface area contributed by atoms with Crippen LogP contribution in [0.25, 0.3) is 0 Å². The molecule has 0 spiro atoms. The fourth-order valence-electron chi connectivity index (χ4n) is 3.46. The van der Waals surface area contributed by atoms with Gasteiger partial charge in [-0.25, -0.2) is 4.79 Å². The molecule has 2 aromatic rings. The van der Waals surface area contributed by atoms with Crippen molar-refractivity contribution in [3.63, 3.8) is 0 Å². The Balaban J connectivity index is 1.89. The molecular formula is C21H21N3O5. The highest BCUT2D eigenvalue weighted by atomic mass is 16.6. The van der Waals surface area contributed by atoms with Crippen LogP contribution in [0.2, 0.25) is 0 Å². The molecule has 1 N–H and O–H groups in total. The predicted octanol–water partition coefficient (Wildman–Crippen LogP) is 3.17. The number of carbonyl (C=O) groups excluding carboxylic acids is 3. The molecule has 29 heavy (non-hydrogen) atoms. The molecule has 1 aliphatic rings. The Morgan fingerprint density at radius 2 is 1.76 bits per heavy atom. The summed E-state index contributed by atoms with van der Waals surface area (Å²) in [5, 5.41) is 13.6. The minimum Gasteiger partial charge on any atom is -0.319 e. The number of aryl methyl sites for hydroxylation is 3. The van der Waals surface area contributed by atoms with E-state index in [4.69, 9.17) is 0 Å². The molecule has 3 rings (SSSR count). The van der Waals surface area contributed by atoms with Crippen molar-refractivity contribution in [2.45, 2.75) is 33.2 Å². The normalized spacial score (nSPS) is 18.7. The number of hydrogen-bond acceptors (Lipinski definition) is 5. The molecule has 1 heterocycles. The largest absolute Gasteiger partial charge is 0.325 e. The van der Waals surface area contributed by atoms with Gasteiger partial charge in [0.25, 0.3) is 11.6 Å². The number of carbonyl (C=O) groups is 3. The van der Waals surface area contributed by atoms with Gasteiger partial charge in [0.05, 0.1) is 11.5 Å². The Morgan fingerprint density at radius 3 is 2.41 bits per heavy atom. The lowest BCUT2D eigenvalue weighted by molar-refractivity contribution is -0.385. The Morgan fingerprint density at radius 1 is 1.10 bits per heavy atom. The first-order chi connectivity index (χ1) is 13.5. The third-order valence-corrected chi connectivity index (χ3v) is 5.35. The first kappa shape index (κ1) is 20.2. The molecule has 0 aromatic heterocycles. The summed E-state index contributed by atoms with van der Waals surface area (Å²) in [5.41, 5.74) is 1.82. The van der Waals surface area contributed by atoms with E-state index in [-0.39, 0.29) is 17.0 Å². The van der Waals surface area contributed by atoms with Crippen molar-refractivity contribution >= 4 is 23.4 Å². The number of rotatable bonds is 5.